The van der Waals surface area contributed by atoms with Crippen LogP contribution in [0.15, 0.2) is 42.0 Å². The highest BCUT2D eigenvalue weighted by Crippen LogP contribution is 2.27. The first kappa shape index (κ1) is 24.4. The summed E-state index contributed by atoms with van der Waals surface area (Å²) in [6.45, 7) is 10.0. The number of ether oxygens (including phenoxy) is 1. The molecule has 0 N–H and O–H groups in total. The third-order valence-electron chi connectivity index (χ3n) is 5.71. The maximum atomic E-state index is 13.8. The van der Waals surface area contributed by atoms with Gasteiger partial charge in [0.15, 0.2) is 5.78 Å². The van der Waals surface area contributed by atoms with Crippen LogP contribution in [0, 0.1) is 13.8 Å². The fourth-order valence-corrected chi connectivity index (χ4v) is 4.76. The van der Waals surface area contributed by atoms with Gasteiger partial charge in [-0.15, -0.1) is 11.3 Å². The summed E-state index contributed by atoms with van der Waals surface area (Å²) >= 11 is 1.34. The van der Waals surface area contributed by atoms with E-state index >= 15 is 0 Å². The Bertz CT molecular complexity index is 1140. The number of aromatic nitrogens is 2. The average Bonchev–Trinajstić information content (AvgIpc) is 3.43. The fraction of sp³-hybridized carbons (Fsp3) is 0.360. The van der Waals surface area contributed by atoms with Crippen molar-refractivity contribution in [1.29, 1.82) is 0 Å². The third-order valence-corrected chi connectivity index (χ3v) is 6.57. The van der Waals surface area contributed by atoms with Crippen molar-refractivity contribution in [2.45, 2.75) is 53.8 Å². The lowest BCUT2D eigenvalue weighted by Crippen LogP contribution is -2.43. The predicted octanol–water partition coefficient (Wildman–Crippen LogP) is 4.67. The van der Waals surface area contributed by atoms with Crippen LogP contribution in [0.2, 0.25) is 0 Å². The molecule has 0 saturated carbocycles. The summed E-state index contributed by atoms with van der Waals surface area (Å²) in [5.41, 5.74) is 2.95. The summed E-state index contributed by atoms with van der Waals surface area (Å²) < 4.78 is 7.04. The highest BCUT2D eigenvalue weighted by molar-refractivity contribution is 7.12. The summed E-state index contributed by atoms with van der Waals surface area (Å²) in [5.74, 6) is -0.879. The van der Waals surface area contributed by atoms with Gasteiger partial charge in [0.25, 0.3) is 5.91 Å². The molecule has 0 radical (unpaired) electrons. The van der Waals surface area contributed by atoms with E-state index in [0.29, 0.717) is 33.9 Å². The Balaban J connectivity index is 2.03. The Morgan fingerprint density at radius 2 is 1.94 bits per heavy atom. The largest absolute Gasteiger partial charge is 0.461 e. The van der Waals surface area contributed by atoms with Crippen LogP contribution < -0.4 is 0 Å². The minimum absolute atomic E-state index is 0.212. The zero-order valence-corrected chi connectivity index (χ0v) is 20.4. The lowest BCUT2D eigenvalue weighted by molar-refractivity contribution is 0.0512. The molecule has 0 bridgehead atoms. The maximum absolute atomic E-state index is 13.8. The van der Waals surface area contributed by atoms with Crippen molar-refractivity contribution in [2.75, 3.05) is 6.61 Å². The number of rotatable bonds is 9. The fourth-order valence-electron chi connectivity index (χ4n) is 4.08. The van der Waals surface area contributed by atoms with Crippen LogP contribution in [0.3, 0.4) is 0 Å². The van der Waals surface area contributed by atoms with Crippen molar-refractivity contribution in [3.63, 3.8) is 0 Å². The maximum Gasteiger partial charge on any atom is 0.355 e. The van der Waals surface area contributed by atoms with Gasteiger partial charge in [-0.2, -0.15) is 0 Å². The molecular formula is C25H29N3O4S. The van der Waals surface area contributed by atoms with Crippen LogP contribution in [0.5, 0.6) is 0 Å². The highest BCUT2D eigenvalue weighted by Gasteiger charge is 2.33. The number of amides is 1. The molecule has 8 heteroatoms. The molecule has 0 fully saturated rings. The lowest BCUT2D eigenvalue weighted by Gasteiger charge is -2.28. The molecule has 1 atom stereocenters. The summed E-state index contributed by atoms with van der Waals surface area (Å²) in [5, 5.41) is 1.84. The smallest absolute Gasteiger partial charge is 0.355 e. The van der Waals surface area contributed by atoms with Crippen LogP contribution in [0.4, 0.5) is 0 Å². The van der Waals surface area contributed by atoms with Crippen molar-refractivity contribution in [3.8, 4) is 0 Å². The highest BCUT2D eigenvalue weighted by atomic mass is 32.1. The third kappa shape index (κ3) is 4.90. The van der Waals surface area contributed by atoms with Crippen LogP contribution in [-0.4, -0.2) is 44.8 Å². The standard InChI is InChI=1S/C25H29N3O4S/c1-6-27-17(4)21(16(3)22(27)25(31)32-7-2)23(29)18(5)28(15-19-10-8-12-26-14-19)24(30)20-11-9-13-33-20/h8-14,18H,6-7,15H2,1-5H3. The van der Waals surface area contributed by atoms with Gasteiger partial charge in [-0.25, -0.2) is 4.79 Å². The van der Waals surface area contributed by atoms with Crippen LogP contribution >= 0.6 is 11.3 Å². The number of carbonyl (C=O) groups excluding carboxylic acids is 3. The number of ketones is 1. The minimum Gasteiger partial charge on any atom is -0.461 e. The van der Waals surface area contributed by atoms with Crippen molar-refractivity contribution >= 4 is 29.0 Å². The predicted molar refractivity (Wildman–Crippen MR) is 128 cm³/mol. The van der Waals surface area contributed by atoms with Crippen molar-refractivity contribution in [2.24, 2.45) is 0 Å². The van der Waals surface area contributed by atoms with Gasteiger partial charge >= 0.3 is 5.97 Å². The SMILES string of the molecule is CCOC(=O)c1c(C)c(C(=O)C(C)N(Cc2cccnc2)C(=O)c2cccs2)c(C)n1CC. The Morgan fingerprint density at radius 1 is 1.18 bits per heavy atom. The first-order valence-electron chi connectivity index (χ1n) is 11.0. The number of carbonyl (C=O) groups is 3. The topological polar surface area (TPSA) is 81.5 Å². The molecular weight excluding hydrogens is 438 g/mol. The molecule has 0 aliphatic rings. The average molecular weight is 468 g/mol. The molecule has 7 nitrogen and oxygen atoms in total. The normalized spacial score (nSPS) is 11.8. The number of nitrogens with zero attached hydrogens (tertiary/aromatic N) is 3. The first-order valence-corrected chi connectivity index (χ1v) is 11.8. The summed E-state index contributed by atoms with van der Waals surface area (Å²) in [6, 6.07) is 6.50. The van der Waals surface area contributed by atoms with E-state index in [1.807, 2.05) is 31.4 Å². The molecule has 1 unspecified atom stereocenters. The number of thiophene rings is 1. The monoisotopic (exact) mass is 467 g/mol. The number of pyridine rings is 1. The Morgan fingerprint density at radius 3 is 2.52 bits per heavy atom. The molecule has 0 spiro atoms. The number of esters is 1. The van der Waals surface area contributed by atoms with E-state index in [-0.39, 0.29) is 24.8 Å². The zero-order chi connectivity index (χ0) is 24.1. The van der Waals surface area contributed by atoms with E-state index < -0.39 is 12.0 Å². The van der Waals surface area contributed by atoms with E-state index in [9.17, 15) is 14.4 Å². The van der Waals surface area contributed by atoms with E-state index in [0.717, 1.165) is 5.56 Å². The Hall–Kier alpha value is -3.26. The molecule has 0 aromatic carbocycles. The molecule has 0 saturated heterocycles. The zero-order valence-electron chi connectivity index (χ0n) is 19.6. The number of Topliss-reactive ketones (excluding diaryl/α,β-unsaturated/α-hetero) is 1. The Kier molecular flexibility index (Phi) is 7.81. The lowest BCUT2D eigenvalue weighted by atomic mass is 9.99. The Labute approximate surface area is 198 Å². The minimum atomic E-state index is -0.750. The van der Waals surface area contributed by atoms with E-state index in [1.54, 1.807) is 54.8 Å². The number of hydrogen-bond donors (Lipinski definition) is 0. The van der Waals surface area contributed by atoms with Gasteiger partial charge in [0.2, 0.25) is 0 Å². The van der Waals surface area contributed by atoms with Gasteiger partial charge in [-0.1, -0.05) is 12.1 Å². The van der Waals surface area contributed by atoms with Gasteiger partial charge in [0.05, 0.1) is 17.5 Å². The molecule has 0 aliphatic heterocycles. The molecule has 1 amide bonds. The number of hydrogen-bond acceptors (Lipinski definition) is 6. The molecule has 174 valence electrons. The van der Waals surface area contributed by atoms with Gasteiger partial charge in [0, 0.05) is 36.7 Å². The molecule has 33 heavy (non-hydrogen) atoms. The second kappa shape index (κ2) is 10.6. The second-order valence-corrected chi connectivity index (χ2v) is 8.66. The van der Waals surface area contributed by atoms with E-state index in [4.69, 9.17) is 4.74 Å². The van der Waals surface area contributed by atoms with Gasteiger partial charge in [-0.05, 0) is 63.3 Å². The molecule has 3 aromatic rings. The van der Waals surface area contributed by atoms with Gasteiger partial charge in [0.1, 0.15) is 5.69 Å². The van der Waals surface area contributed by atoms with Crippen molar-refractivity contribution in [3.05, 3.63) is 75.0 Å². The van der Waals surface area contributed by atoms with Crippen molar-refractivity contribution < 1.29 is 19.1 Å². The summed E-state index contributed by atoms with van der Waals surface area (Å²) in [6.07, 6.45) is 3.36. The first-order chi connectivity index (χ1) is 15.8. The van der Waals surface area contributed by atoms with Crippen LogP contribution in [0.25, 0.3) is 0 Å². The quantitative estimate of drug-likeness (QED) is 0.337. The summed E-state index contributed by atoms with van der Waals surface area (Å²) in [4.78, 5) is 46.0. The molecule has 3 rings (SSSR count). The van der Waals surface area contributed by atoms with Gasteiger partial charge < -0.3 is 14.2 Å². The summed E-state index contributed by atoms with van der Waals surface area (Å²) in [7, 11) is 0. The molecule has 3 aromatic heterocycles. The van der Waals surface area contributed by atoms with E-state index in [1.165, 1.54) is 11.3 Å². The van der Waals surface area contributed by atoms with Crippen LogP contribution in [-0.2, 0) is 17.8 Å². The van der Waals surface area contributed by atoms with Crippen molar-refractivity contribution in [1.82, 2.24) is 14.5 Å². The van der Waals surface area contributed by atoms with Gasteiger partial charge in [-0.3, -0.25) is 14.6 Å². The molecule has 0 aliphatic carbocycles. The second-order valence-electron chi connectivity index (χ2n) is 7.71. The van der Waals surface area contributed by atoms with E-state index in [2.05, 4.69) is 4.98 Å². The van der Waals surface area contributed by atoms with Crippen LogP contribution in [0.1, 0.15) is 68.1 Å². The molecule has 3 heterocycles.